The molecule has 0 aliphatic carbocycles. The molecule has 0 amide bonds. The predicted molar refractivity (Wildman–Crippen MR) is 373 cm³/mol. The molecule has 0 N–H and O–H groups in total. The van der Waals surface area contributed by atoms with Gasteiger partial charge in [0.2, 0.25) is 0 Å². The Kier molecular flexibility index (Phi) is 13.4. The summed E-state index contributed by atoms with van der Waals surface area (Å²) in [7, 11) is 0. The number of imidazole rings is 1. The minimum absolute atomic E-state index is 0.689. The zero-order valence-corrected chi connectivity index (χ0v) is 49.0. The fraction of sp³-hybridized carbons (Fsp3) is 0.0238. The lowest BCUT2D eigenvalue weighted by Crippen LogP contribution is -2.00. The van der Waals surface area contributed by atoms with Crippen molar-refractivity contribution in [1.82, 2.24) is 24.5 Å². The fourth-order valence-corrected chi connectivity index (χ4v) is 13.3. The number of rotatable bonds is 9. The van der Waals surface area contributed by atoms with Crippen LogP contribution in [0.4, 0.5) is 0 Å². The second kappa shape index (κ2) is 22.6. The Morgan fingerprint density at radius 2 is 0.708 bits per heavy atom. The van der Waals surface area contributed by atoms with Crippen molar-refractivity contribution in [3.05, 3.63) is 321 Å². The number of para-hydroxylation sites is 2. The maximum atomic E-state index is 5.27. The lowest BCUT2D eigenvalue weighted by Gasteiger charge is -2.18. The van der Waals surface area contributed by atoms with E-state index in [1.807, 2.05) is 24.4 Å². The van der Waals surface area contributed by atoms with Crippen molar-refractivity contribution in [2.24, 2.45) is 0 Å². The normalized spacial score (nSPS) is 11.5. The molecule has 3 aromatic heterocycles. The predicted octanol–water partition coefficient (Wildman–Crippen LogP) is 22.0. The van der Waals surface area contributed by atoms with Crippen LogP contribution in [0.3, 0.4) is 0 Å². The molecule has 0 spiro atoms. The van der Waals surface area contributed by atoms with E-state index in [-0.39, 0.29) is 0 Å². The highest BCUT2D eigenvalue weighted by Crippen LogP contribution is 2.45. The van der Waals surface area contributed by atoms with Crippen molar-refractivity contribution in [2.45, 2.75) is 13.3 Å². The van der Waals surface area contributed by atoms with E-state index in [0.717, 1.165) is 68.3 Å². The van der Waals surface area contributed by atoms with Gasteiger partial charge in [0.25, 0.3) is 0 Å². The first-order valence-corrected chi connectivity index (χ1v) is 30.5. The van der Waals surface area contributed by atoms with E-state index >= 15 is 0 Å². The van der Waals surface area contributed by atoms with Crippen molar-refractivity contribution < 1.29 is 0 Å². The van der Waals surface area contributed by atoms with Crippen molar-refractivity contribution >= 4 is 75.7 Å². The van der Waals surface area contributed by atoms with Gasteiger partial charge < -0.3 is 0 Å². The molecule has 17 aromatic rings. The Hall–Kier alpha value is -11.7. The van der Waals surface area contributed by atoms with Crippen molar-refractivity contribution in [3.8, 4) is 84.2 Å². The molecule has 3 heterocycles. The smallest absolute Gasteiger partial charge is 0.160 e. The molecule has 0 aliphatic rings. The van der Waals surface area contributed by atoms with Gasteiger partial charge in [-0.05, 0) is 153 Å². The SMILES string of the molecule is CCc1nc2ccccc2n1-c1ccc(-c2c3ccccc3c(-c3ccc(-c4ccccc4)cc3)c3ccccc23)cc1.c1ccc(-c2ccc(-c3nc(-c4cc5ccccc5c5ccccc45)cc(-c4cc5ccccc5c5ccccc45)n3)cc2)nc1. The number of benzene rings is 14. The molecule has 17 rings (SSSR count). The van der Waals surface area contributed by atoms with Gasteiger partial charge in [-0.3, -0.25) is 9.55 Å². The molecule has 0 aliphatic heterocycles. The standard InChI is InChI=1S/C43H27N3.C41H30N2/c1-3-13-32-30(11-1)25-38(36-17-7-5-15-34(32)36)41-27-42(39-26-31-12-2-4-14-33(31)35-16-6-8-18-37(35)39)46-43(45-41)29-22-20-28(21-23-29)40-19-9-10-24-44-40;1-2-39-42-37-18-10-11-19-38(37)43(39)32-26-24-31(25-27-32)41-35-16-8-6-14-33(35)40(34-15-7-9-17-36(34)41)30-22-20-29(21-23-30)28-12-4-3-5-13-28/h1-27H;3-27H,2H2,1H3. The van der Waals surface area contributed by atoms with E-state index in [4.69, 9.17) is 15.0 Å². The first-order valence-electron chi connectivity index (χ1n) is 30.5. The van der Waals surface area contributed by atoms with E-state index in [2.05, 4.69) is 308 Å². The molecule has 0 bridgehead atoms. The molecule has 14 aromatic carbocycles. The molecule has 5 nitrogen and oxygen atoms in total. The molecule has 418 valence electrons. The molecule has 0 radical (unpaired) electrons. The Bertz CT molecular complexity index is 5310. The number of aryl methyl sites for hydroxylation is 1. The summed E-state index contributed by atoms with van der Waals surface area (Å²) in [6.45, 7) is 2.17. The van der Waals surface area contributed by atoms with Gasteiger partial charge in [-0.15, -0.1) is 0 Å². The van der Waals surface area contributed by atoms with Gasteiger partial charge in [0.15, 0.2) is 5.82 Å². The fourth-order valence-electron chi connectivity index (χ4n) is 13.3. The van der Waals surface area contributed by atoms with Gasteiger partial charge in [-0.2, -0.15) is 0 Å². The summed E-state index contributed by atoms with van der Waals surface area (Å²) in [4.78, 5) is 20.0. The van der Waals surface area contributed by atoms with Crippen LogP contribution in [-0.4, -0.2) is 24.5 Å². The first kappa shape index (κ1) is 52.9. The second-order valence-corrected chi connectivity index (χ2v) is 22.7. The molecule has 0 saturated carbocycles. The van der Waals surface area contributed by atoms with Crippen molar-refractivity contribution in [2.75, 3.05) is 0 Å². The summed E-state index contributed by atoms with van der Waals surface area (Å²) >= 11 is 0. The molecule has 0 unspecified atom stereocenters. The zero-order chi connectivity index (χ0) is 59.2. The number of pyridine rings is 1. The highest BCUT2D eigenvalue weighted by Gasteiger charge is 2.20. The lowest BCUT2D eigenvalue weighted by molar-refractivity contribution is 0.908. The Morgan fingerprint density at radius 1 is 0.292 bits per heavy atom. The first-order chi connectivity index (χ1) is 44.1. The van der Waals surface area contributed by atoms with Crippen LogP contribution in [0.1, 0.15) is 12.7 Å². The average molecular weight is 1140 g/mol. The average Bonchev–Trinajstić information content (AvgIpc) is 3.66. The topological polar surface area (TPSA) is 56.5 Å². The van der Waals surface area contributed by atoms with Crippen LogP contribution in [0, 0.1) is 0 Å². The van der Waals surface area contributed by atoms with Crippen LogP contribution in [-0.2, 0) is 6.42 Å². The minimum atomic E-state index is 0.689. The highest BCUT2D eigenvalue weighted by atomic mass is 15.1. The monoisotopic (exact) mass is 1140 g/mol. The van der Waals surface area contributed by atoms with E-state index < -0.39 is 0 Å². The van der Waals surface area contributed by atoms with Gasteiger partial charge in [-0.1, -0.05) is 262 Å². The molecular weight excluding hydrogens is 1080 g/mol. The minimum Gasteiger partial charge on any atom is -0.296 e. The molecule has 89 heavy (non-hydrogen) atoms. The van der Waals surface area contributed by atoms with Crippen LogP contribution >= 0.6 is 0 Å². The maximum Gasteiger partial charge on any atom is 0.160 e. The van der Waals surface area contributed by atoms with E-state index in [1.165, 1.54) is 98.0 Å². The van der Waals surface area contributed by atoms with E-state index in [1.54, 1.807) is 0 Å². The van der Waals surface area contributed by atoms with Crippen LogP contribution in [0.25, 0.3) is 160 Å². The van der Waals surface area contributed by atoms with Gasteiger partial charge in [0.1, 0.15) is 5.82 Å². The number of fused-ring (bicyclic) bond motifs is 9. The third-order valence-electron chi connectivity index (χ3n) is 17.5. The third kappa shape index (κ3) is 9.63. The lowest BCUT2D eigenvalue weighted by atomic mass is 9.85. The summed E-state index contributed by atoms with van der Waals surface area (Å²) in [5.74, 6) is 1.77. The van der Waals surface area contributed by atoms with Gasteiger partial charge >= 0.3 is 0 Å². The highest BCUT2D eigenvalue weighted by molar-refractivity contribution is 6.22. The van der Waals surface area contributed by atoms with Gasteiger partial charge in [0, 0.05) is 40.6 Å². The second-order valence-electron chi connectivity index (χ2n) is 22.7. The maximum absolute atomic E-state index is 5.27. The number of nitrogens with zero attached hydrogens (tertiary/aromatic N) is 5. The summed E-state index contributed by atoms with van der Waals surface area (Å²) in [6, 6.07) is 110. The molecule has 0 saturated heterocycles. The largest absolute Gasteiger partial charge is 0.296 e. The number of hydrogen-bond acceptors (Lipinski definition) is 4. The van der Waals surface area contributed by atoms with Gasteiger partial charge in [-0.25, -0.2) is 15.0 Å². The molecule has 0 fully saturated rings. The van der Waals surface area contributed by atoms with Crippen LogP contribution in [0.2, 0.25) is 0 Å². The quantitative estimate of drug-likeness (QED) is 0.107. The molecular formula is C84H57N5. The third-order valence-corrected chi connectivity index (χ3v) is 17.5. The van der Waals surface area contributed by atoms with Crippen LogP contribution in [0.5, 0.6) is 0 Å². The Balaban J connectivity index is 0.000000143. The Morgan fingerprint density at radius 3 is 1.24 bits per heavy atom. The van der Waals surface area contributed by atoms with Crippen LogP contribution < -0.4 is 0 Å². The Labute approximate surface area is 516 Å². The van der Waals surface area contributed by atoms with E-state index in [9.17, 15) is 0 Å². The van der Waals surface area contributed by atoms with Crippen LogP contribution in [0.15, 0.2) is 316 Å². The molecule has 5 heteroatoms. The summed E-state index contributed by atoms with van der Waals surface area (Å²) in [5.41, 5.74) is 17.7. The summed E-state index contributed by atoms with van der Waals surface area (Å²) < 4.78 is 2.29. The van der Waals surface area contributed by atoms with E-state index in [0.29, 0.717) is 5.82 Å². The number of aromatic nitrogens is 5. The number of hydrogen-bond donors (Lipinski definition) is 0. The molecule has 0 atom stereocenters. The van der Waals surface area contributed by atoms with Crippen molar-refractivity contribution in [1.29, 1.82) is 0 Å². The van der Waals surface area contributed by atoms with Gasteiger partial charge in [0.05, 0.1) is 28.1 Å². The summed E-state index contributed by atoms with van der Waals surface area (Å²) in [6.07, 6.45) is 2.70. The zero-order valence-electron chi connectivity index (χ0n) is 49.0. The van der Waals surface area contributed by atoms with Crippen molar-refractivity contribution in [3.63, 3.8) is 0 Å². The summed E-state index contributed by atoms with van der Waals surface area (Å²) in [5, 5.41) is 14.7.